The first kappa shape index (κ1) is 22.7. The summed E-state index contributed by atoms with van der Waals surface area (Å²) in [7, 11) is 1.35. The van der Waals surface area contributed by atoms with Crippen molar-refractivity contribution in [2.75, 3.05) is 25.5 Å². The van der Waals surface area contributed by atoms with Crippen LogP contribution in [0.3, 0.4) is 0 Å². The van der Waals surface area contributed by atoms with Crippen LogP contribution in [0, 0.1) is 5.41 Å². The number of halogens is 1. The molecule has 1 aliphatic heterocycles. The molecule has 1 aliphatic carbocycles. The first-order valence-corrected chi connectivity index (χ1v) is 11.1. The van der Waals surface area contributed by atoms with Gasteiger partial charge >= 0.3 is 12.1 Å². The molecule has 1 heterocycles. The van der Waals surface area contributed by atoms with Crippen LogP contribution in [-0.2, 0) is 9.47 Å². The molecule has 0 unspecified atom stereocenters. The average molecular weight is 437 g/mol. The van der Waals surface area contributed by atoms with Gasteiger partial charge in [-0.2, -0.15) is 0 Å². The van der Waals surface area contributed by atoms with Gasteiger partial charge in [-0.25, -0.2) is 9.59 Å². The van der Waals surface area contributed by atoms with Crippen molar-refractivity contribution in [1.29, 1.82) is 0 Å². The molecule has 6 nitrogen and oxygen atoms in total. The minimum Gasteiger partial charge on any atom is -0.465 e. The number of ether oxygens (including phenoxy) is 2. The third-order valence-electron chi connectivity index (χ3n) is 6.27. The van der Waals surface area contributed by atoms with Gasteiger partial charge in [0.25, 0.3) is 0 Å². The number of carbonyl (C=O) groups excluding carboxylic acids is 2. The van der Waals surface area contributed by atoms with Gasteiger partial charge in [0.2, 0.25) is 0 Å². The smallest absolute Gasteiger partial charge is 0.410 e. The zero-order valence-electron chi connectivity index (χ0n) is 18.4. The number of hydrogen-bond acceptors (Lipinski definition) is 5. The highest BCUT2D eigenvalue weighted by molar-refractivity contribution is 6.33. The van der Waals surface area contributed by atoms with E-state index in [1.54, 1.807) is 12.1 Å². The van der Waals surface area contributed by atoms with Gasteiger partial charge in [-0.1, -0.05) is 11.6 Å². The molecule has 0 aromatic heterocycles. The predicted molar refractivity (Wildman–Crippen MR) is 118 cm³/mol. The Bertz CT molecular complexity index is 772. The van der Waals surface area contributed by atoms with E-state index < -0.39 is 11.6 Å². The van der Waals surface area contributed by atoms with E-state index in [-0.39, 0.29) is 6.09 Å². The second-order valence-electron chi connectivity index (χ2n) is 9.57. The largest absolute Gasteiger partial charge is 0.465 e. The maximum atomic E-state index is 12.3. The van der Waals surface area contributed by atoms with Crippen molar-refractivity contribution in [2.45, 2.75) is 70.9 Å². The molecule has 2 aliphatic rings. The van der Waals surface area contributed by atoms with E-state index in [9.17, 15) is 9.59 Å². The Morgan fingerprint density at radius 1 is 1.13 bits per heavy atom. The zero-order chi connectivity index (χ0) is 21.9. The van der Waals surface area contributed by atoms with E-state index in [0.29, 0.717) is 22.0 Å². The SMILES string of the molecule is COC(=O)c1ccc(NC2CCC3(CC2)CCN(C(=O)OC(C)(C)C)CC3)cc1Cl. The second kappa shape index (κ2) is 9.04. The predicted octanol–water partition coefficient (Wildman–Crippen LogP) is 5.50. The van der Waals surface area contributed by atoms with Gasteiger partial charge in [-0.3, -0.25) is 0 Å². The molecule has 1 N–H and O–H groups in total. The van der Waals surface area contributed by atoms with Crippen LogP contribution in [0.25, 0.3) is 0 Å². The van der Waals surface area contributed by atoms with Crippen LogP contribution < -0.4 is 5.32 Å². The van der Waals surface area contributed by atoms with Crippen LogP contribution >= 0.6 is 11.6 Å². The fraction of sp³-hybridized carbons (Fsp3) is 0.652. The molecule has 1 aromatic rings. The third-order valence-corrected chi connectivity index (χ3v) is 6.58. The van der Waals surface area contributed by atoms with Crippen molar-refractivity contribution in [2.24, 2.45) is 5.41 Å². The molecule has 2 fully saturated rings. The molecule has 1 aromatic carbocycles. The summed E-state index contributed by atoms with van der Waals surface area (Å²) >= 11 is 6.23. The van der Waals surface area contributed by atoms with Crippen LogP contribution in [-0.4, -0.2) is 48.8 Å². The van der Waals surface area contributed by atoms with E-state index in [0.717, 1.165) is 57.3 Å². The second-order valence-corrected chi connectivity index (χ2v) is 9.98. The summed E-state index contributed by atoms with van der Waals surface area (Å²) in [6, 6.07) is 5.76. The standard InChI is InChI=1S/C23H33ClN2O4/c1-22(2,3)30-21(28)26-13-11-23(12-14-26)9-7-16(8-10-23)25-17-5-6-18(19(24)15-17)20(27)29-4/h5-6,15-16,25H,7-14H2,1-4H3. The number of piperidine rings is 1. The number of esters is 1. The number of hydrogen-bond donors (Lipinski definition) is 1. The molecule has 1 saturated heterocycles. The van der Waals surface area contributed by atoms with E-state index in [2.05, 4.69) is 5.32 Å². The molecule has 0 bridgehead atoms. The lowest BCUT2D eigenvalue weighted by atomic mass is 9.67. The summed E-state index contributed by atoms with van der Waals surface area (Å²) in [4.78, 5) is 25.8. The molecular weight excluding hydrogens is 404 g/mol. The third kappa shape index (κ3) is 5.60. The van der Waals surface area contributed by atoms with Crippen molar-refractivity contribution in [1.82, 2.24) is 4.90 Å². The first-order valence-electron chi connectivity index (χ1n) is 10.7. The highest BCUT2D eigenvalue weighted by Gasteiger charge is 2.39. The summed E-state index contributed by atoms with van der Waals surface area (Å²) in [5, 5.41) is 3.96. The topological polar surface area (TPSA) is 67.9 Å². The van der Waals surface area contributed by atoms with Gasteiger partial charge in [0.05, 0.1) is 17.7 Å². The lowest BCUT2D eigenvalue weighted by Crippen LogP contribution is -2.47. The Morgan fingerprint density at radius 3 is 2.30 bits per heavy atom. The highest BCUT2D eigenvalue weighted by Crippen LogP contribution is 2.45. The van der Waals surface area contributed by atoms with Crippen molar-refractivity contribution < 1.29 is 19.1 Å². The monoisotopic (exact) mass is 436 g/mol. The molecular formula is C23H33ClN2O4. The zero-order valence-corrected chi connectivity index (χ0v) is 19.2. The van der Waals surface area contributed by atoms with Crippen molar-refractivity contribution in [3.8, 4) is 0 Å². The van der Waals surface area contributed by atoms with Gasteiger partial charge in [0, 0.05) is 24.8 Å². The Labute approximate surface area is 184 Å². The molecule has 1 spiro atoms. The number of nitrogens with zero attached hydrogens (tertiary/aromatic N) is 1. The first-order chi connectivity index (χ1) is 14.1. The number of amides is 1. The number of likely N-dealkylation sites (tertiary alicyclic amines) is 1. The highest BCUT2D eigenvalue weighted by atomic mass is 35.5. The molecule has 3 rings (SSSR count). The van der Waals surface area contributed by atoms with Crippen molar-refractivity contribution >= 4 is 29.4 Å². The molecule has 7 heteroatoms. The fourth-order valence-electron chi connectivity index (χ4n) is 4.48. The maximum Gasteiger partial charge on any atom is 0.410 e. The van der Waals surface area contributed by atoms with Crippen LogP contribution in [0.15, 0.2) is 18.2 Å². The summed E-state index contributed by atoms with van der Waals surface area (Å²) in [5.41, 5.74) is 1.19. The van der Waals surface area contributed by atoms with Crippen LogP contribution in [0.5, 0.6) is 0 Å². The van der Waals surface area contributed by atoms with Crippen LogP contribution in [0.1, 0.15) is 69.7 Å². The van der Waals surface area contributed by atoms with Gasteiger partial charge in [0.1, 0.15) is 5.60 Å². The number of anilines is 1. The summed E-state index contributed by atoms with van der Waals surface area (Å²) in [5.74, 6) is -0.427. The molecule has 1 saturated carbocycles. The van der Waals surface area contributed by atoms with Gasteiger partial charge in [-0.05, 0) is 82.9 Å². The minimum atomic E-state index is -0.450. The number of methoxy groups -OCH3 is 1. The molecule has 30 heavy (non-hydrogen) atoms. The number of rotatable bonds is 3. The Hall–Kier alpha value is -1.95. The van der Waals surface area contributed by atoms with Crippen LogP contribution in [0.4, 0.5) is 10.5 Å². The number of carbonyl (C=O) groups is 2. The van der Waals surface area contributed by atoms with Crippen molar-refractivity contribution in [3.05, 3.63) is 28.8 Å². The minimum absolute atomic E-state index is 0.194. The molecule has 0 radical (unpaired) electrons. The Morgan fingerprint density at radius 2 is 1.77 bits per heavy atom. The van der Waals surface area contributed by atoms with Gasteiger partial charge in [-0.15, -0.1) is 0 Å². The summed E-state index contributed by atoms with van der Waals surface area (Å²) < 4.78 is 10.3. The maximum absolute atomic E-state index is 12.3. The fourth-order valence-corrected chi connectivity index (χ4v) is 4.74. The average Bonchev–Trinajstić information content (AvgIpc) is 2.69. The lowest BCUT2D eigenvalue weighted by molar-refractivity contribution is 0.00393. The van der Waals surface area contributed by atoms with Gasteiger partial charge in [0.15, 0.2) is 0 Å². The van der Waals surface area contributed by atoms with E-state index in [1.807, 2.05) is 31.7 Å². The van der Waals surface area contributed by atoms with Gasteiger partial charge < -0.3 is 19.7 Å². The molecule has 1 amide bonds. The van der Waals surface area contributed by atoms with E-state index in [1.165, 1.54) is 7.11 Å². The quantitative estimate of drug-likeness (QED) is 0.633. The van der Waals surface area contributed by atoms with Crippen molar-refractivity contribution in [3.63, 3.8) is 0 Å². The number of nitrogens with one attached hydrogen (secondary N) is 1. The molecule has 0 atom stereocenters. The lowest BCUT2D eigenvalue weighted by Gasteiger charge is -2.46. The normalized spacial score (nSPS) is 19.4. The van der Waals surface area contributed by atoms with Crippen LogP contribution in [0.2, 0.25) is 5.02 Å². The van der Waals surface area contributed by atoms with E-state index in [4.69, 9.17) is 21.1 Å². The summed E-state index contributed by atoms with van der Waals surface area (Å²) in [6.07, 6.45) is 6.37. The molecule has 166 valence electrons. The Balaban J connectivity index is 1.49. The van der Waals surface area contributed by atoms with E-state index >= 15 is 0 Å². The Kier molecular flexibility index (Phi) is 6.85. The summed E-state index contributed by atoms with van der Waals surface area (Å²) in [6.45, 7) is 7.26. The number of benzene rings is 1.